The molecule has 1 aromatic heterocycles. The lowest BCUT2D eigenvalue weighted by Gasteiger charge is -2.41. The van der Waals surface area contributed by atoms with Gasteiger partial charge in [-0.15, -0.1) is 11.3 Å². The van der Waals surface area contributed by atoms with Crippen LogP contribution in [0.4, 0.5) is 0 Å². The molecule has 1 saturated carbocycles. The van der Waals surface area contributed by atoms with Gasteiger partial charge in [-0.1, -0.05) is 65.3 Å². The van der Waals surface area contributed by atoms with Crippen LogP contribution < -0.4 is 10.6 Å². The quantitative estimate of drug-likeness (QED) is 0.379. The summed E-state index contributed by atoms with van der Waals surface area (Å²) >= 11 is 1.59. The molecule has 3 unspecified atom stereocenters. The van der Waals surface area contributed by atoms with Crippen molar-refractivity contribution < 1.29 is 19.5 Å². The predicted molar refractivity (Wildman–Crippen MR) is 160 cm³/mol. The van der Waals surface area contributed by atoms with Crippen LogP contribution in [0.15, 0.2) is 29.8 Å². The Morgan fingerprint density at radius 1 is 1.18 bits per heavy atom. The number of thiazole rings is 1. The molecule has 8 nitrogen and oxygen atoms in total. The van der Waals surface area contributed by atoms with Crippen molar-refractivity contribution in [3.63, 3.8) is 0 Å². The van der Waals surface area contributed by atoms with Crippen LogP contribution in [-0.2, 0) is 20.9 Å². The Kier molecular flexibility index (Phi) is 11.3. The number of aliphatic hydroxyl groups excluding tert-OH is 1. The number of carbonyl (C=O) groups excluding carboxylic acids is 3. The Morgan fingerprint density at radius 3 is 2.38 bits per heavy atom. The summed E-state index contributed by atoms with van der Waals surface area (Å²) in [7, 11) is 0. The zero-order chi connectivity index (χ0) is 29.4. The number of likely N-dealkylation sites (tertiary alicyclic amines) is 1. The normalized spacial score (nSPS) is 20.2. The summed E-state index contributed by atoms with van der Waals surface area (Å²) < 4.78 is 0. The molecule has 2 aliphatic rings. The zero-order valence-corrected chi connectivity index (χ0v) is 25.6. The fraction of sp³-hybridized carbons (Fsp3) is 0.613. The molecule has 1 saturated heterocycles. The topological polar surface area (TPSA) is 112 Å². The highest BCUT2D eigenvalue weighted by Crippen LogP contribution is 2.44. The summed E-state index contributed by atoms with van der Waals surface area (Å²) in [6.07, 6.45) is 3.35. The van der Waals surface area contributed by atoms with Gasteiger partial charge in [-0.2, -0.15) is 0 Å². The van der Waals surface area contributed by atoms with Gasteiger partial charge in [0.1, 0.15) is 12.1 Å². The Labute approximate surface area is 243 Å². The second-order valence-corrected chi connectivity index (χ2v) is 12.1. The highest BCUT2D eigenvalue weighted by Gasteiger charge is 2.45. The third kappa shape index (κ3) is 7.29. The van der Waals surface area contributed by atoms with E-state index < -0.39 is 18.2 Å². The summed E-state index contributed by atoms with van der Waals surface area (Å²) in [6.45, 7) is 12.4. The number of aromatic nitrogens is 1. The SMILES string of the molecule is CC.CCC1(C(=O)NC(CC(C)C)C(=O)N2CC(O)CC2C(=O)NCc2ccc(-c3scnc3C)cc2)CCC1. The molecule has 2 fully saturated rings. The molecule has 0 bridgehead atoms. The Hall–Kier alpha value is -2.78. The van der Waals surface area contributed by atoms with Gasteiger partial charge in [0.15, 0.2) is 0 Å². The van der Waals surface area contributed by atoms with Gasteiger partial charge in [0.2, 0.25) is 17.7 Å². The lowest BCUT2D eigenvalue weighted by atomic mass is 9.66. The zero-order valence-electron chi connectivity index (χ0n) is 24.8. The van der Waals surface area contributed by atoms with E-state index in [-0.39, 0.29) is 42.0 Å². The fourth-order valence-electron chi connectivity index (χ4n) is 5.51. The summed E-state index contributed by atoms with van der Waals surface area (Å²) in [5.41, 5.74) is 4.46. The first kappa shape index (κ1) is 31.7. The van der Waals surface area contributed by atoms with Crippen LogP contribution in [0.2, 0.25) is 0 Å². The van der Waals surface area contributed by atoms with Crippen molar-refractivity contribution in [1.29, 1.82) is 0 Å². The van der Waals surface area contributed by atoms with Crippen molar-refractivity contribution in [2.24, 2.45) is 11.3 Å². The van der Waals surface area contributed by atoms with E-state index >= 15 is 0 Å². The Balaban J connectivity index is 0.00000216. The molecule has 3 atom stereocenters. The van der Waals surface area contributed by atoms with E-state index in [1.54, 1.807) is 11.3 Å². The number of aryl methyl sites for hydroxylation is 1. The van der Waals surface area contributed by atoms with Gasteiger partial charge in [-0.3, -0.25) is 14.4 Å². The number of nitrogens with one attached hydrogen (secondary N) is 2. The van der Waals surface area contributed by atoms with Gasteiger partial charge < -0.3 is 20.6 Å². The van der Waals surface area contributed by atoms with E-state index in [0.717, 1.165) is 47.4 Å². The van der Waals surface area contributed by atoms with E-state index in [0.29, 0.717) is 13.0 Å². The first-order valence-corrected chi connectivity index (χ1v) is 15.6. The highest BCUT2D eigenvalue weighted by molar-refractivity contribution is 7.13. The van der Waals surface area contributed by atoms with Crippen LogP contribution in [0.3, 0.4) is 0 Å². The summed E-state index contributed by atoms with van der Waals surface area (Å²) in [6, 6.07) is 6.49. The second-order valence-electron chi connectivity index (χ2n) is 11.2. The molecule has 2 heterocycles. The van der Waals surface area contributed by atoms with Gasteiger partial charge in [0.05, 0.1) is 22.2 Å². The smallest absolute Gasteiger partial charge is 0.245 e. The largest absolute Gasteiger partial charge is 0.391 e. The molecule has 9 heteroatoms. The van der Waals surface area contributed by atoms with Crippen LogP contribution in [0, 0.1) is 18.3 Å². The van der Waals surface area contributed by atoms with E-state index in [1.807, 2.05) is 71.3 Å². The molecular weight excluding hydrogens is 524 g/mol. The molecule has 0 spiro atoms. The maximum absolute atomic E-state index is 13.7. The molecule has 2 aromatic rings. The van der Waals surface area contributed by atoms with Gasteiger partial charge in [0.25, 0.3) is 0 Å². The van der Waals surface area contributed by atoms with Crippen LogP contribution in [0.5, 0.6) is 0 Å². The molecule has 1 aliphatic heterocycles. The van der Waals surface area contributed by atoms with Crippen molar-refractivity contribution in [3.05, 3.63) is 41.0 Å². The van der Waals surface area contributed by atoms with Gasteiger partial charge in [0, 0.05) is 24.9 Å². The molecule has 40 heavy (non-hydrogen) atoms. The van der Waals surface area contributed by atoms with Gasteiger partial charge in [-0.05, 0) is 49.7 Å². The maximum Gasteiger partial charge on any atom is 0.245 e. The van der Waals surface area contributed by atoms with Crippen LogP contribution in [-0.4, -0.2) is 57.4 Å². The van der Waals surface area contributed by atoms with Crippen LogP contribution >= 0.6 is 11.3 Å². The van der Waals surface area contributed by atoms with Crippen molar-refractivity contribution in [3.8, 4) is 10.4 Å². The highest BCUT2D eigenvalue weighted by atomic mass is 32.1. The lowest BCUT2D eigenvalue weighted by molar-refractivity contribution is -0.145. The number of rotatable bonds is 10. The van der Waals surface area contributed by atoms with Gasteiger partial charge in [-0.25, -0.2) is 4.98 Å². The minimum absolute atomic E-state index is 0.0667. The number of benzene rings is 1. The van der Waals surface area contributed by atoms with Crippen molar-refractivity contribution >= 4 is 29.1 Å². The molecule has 3 N–H and O–H groups in total. The maximum atomic E-state index is 13.7. The average Bonchev–Trinajstić information content (AvgIpc) is 3.52. The van der Waals surface area contributed by atoms with Gasteiger partial charge >= 0.3 is 0 Å². The minimum atomic E-state index is -0.777. The number of amides is 3. The van der Waals surface area contributed by atoms with E-state index in [4.69, 9.17) is 0 Å². The third-order valence-corrected chi connectivity index (χ3v) is 9.05. The standard InChI is InChI=1S/C29H40N4O4S.C2H6/c1-5-29(11-6-12-29)28(37)32-23(13-18(2)3)27(36)33-16-22(34)14-24(33)26(35)30-15-20-7-9-21(10-8-20)25-19(4)31-17-38-25;1-2/h7-10,17-18,22-24,34H,5-6,11-16H2,1-4H3,(H,30,35)(H,32,37);1-2H3. The predicted octanol–water partition coefficient (Wildman–Crippen LogP) is 4.83. The number of nitrogens with zero attached hydrogens (tertiary/aromatic N) is 2. The van der Waals surface area contributed by atoms with Crippen molar-refractivity contribution in [1.82, 2.24) is 20.5 Å². The third-order valence-electron chi connectivity index (χ3n) is 8.07. The van der Waals surface area contributed by atoms with Crippen molar-refractivity contribution in [2.75, 3.05) is 6.54 Å². The van der Waals surface area contributed by atoms with E-state index in [9.17, 15) is 19.5 Å². The van der Waals surface area contributed by atoms with E-state index in [1.165, 1.54) is 4.90 Å². The summed E-state index contributed by atoms with van der Waals surface area (Å²) in [5, 5.41) is 16.4. The fourth-order valence-corrected chi connectivity index (χ4v) is 6.33. The van der Waals surface area contributed by atoms with Crippen molar-refractivity contribution in [2.45, 2.75) is 105 Å². The summed E-state index contributed by atoms with van der Waals surface area (Å²) in [4.78, 5) is 46.9. The number of carbonyl (C=O) groups is 3. The number of hydrogen-bond donors (Lipinski definition) is 3. The first-order valence-electron chi connectivity index (χ1n) is 14.7. The average molecular weight is 571 g/mol. The Morgan fingerprint density at radius 2 is 1.85 bits per heavy atom. The van der Waals surface area contributed by atoms with Crippen LogP contribution in [0.1, 0.15) is 84.4 Å². The second kappa shape index (κ2) is 14.2. The molecule has 220 valence electrons. The number of aliphatic hydroxyl groups is 1. The minimum Gasteiger partial charge on any atom is -0.391 e. The van der Waals surface area contributed by atoms with Crippen LogP contribution in [0.25, 0.3) is 10.4 Å². The number of β-amino-alcohol motifs (C(OH)–C–C–N with tert-alkyl or cyclic N) is 1. The molecule has 1 aromatic carbocycles. The molecule has 0 radical (unpaired) electrons. The number of hydrogen-bond acceptors (Lipinski definition) is 6. The molecule has 4 rings (SSSR count). The lowest BCUT2D eigenvalue weighted by Crippen LogP contribution is -2.57. The molecule has 1 aliphatic carbocycles. The first-order chi connectivity index (χ1) is 19.1. The summed E-state index contributed by atoms with van der Waals surface area (Å²) in [5.74, 6) is -0.475. The molecule has 3 amide bonds. The monoisotopic (exact) mass is 570 g/mol. The Bertz CT molecular complexity index is 1140. The molecular formula is C31H46N4O4S. The van der Waals surface area contributed by atoms with E-state index in [2.05, 4.69) is 15.6 Å².